The van der Waals surface area contributed by atoms with E-state index in [1.807, 2.05) is 42.5 Å². The summed E-state index contributed by atoms with van der Waals surface area (Å²) in [5, 5.41) is 8.43. The second-order valence-electron chi connectivity index (χ2n) is 6.06. The molecule has 0 aliphatic carbocycles. The Balaban J connectivity index is 1.39. The van der Waals surface area contributed by atoms with Gasteiger partial charge in [-0.15, -0.1) is 0 Å². The lowest BCUT2D eigenvalue weighted by atomic mass is 10.1. The average molecular weight is 327 g/mol. The number of piperazine rings is 1. The van der Waals surface area contributed by atoms with E-state index in [1.165, 1.54) is 0 Å². The summed E-state index contributed by atoms with van der Waals surface area (Å²) in [5.41, 5.74) is 0. The Hall–Kier alpha value is -2.11. The molecule has 1 aliphatic heterocycles. The monoisotopic (exact) mass is 327 g/mol. The molecule has 0 spiro atoms. The lowest BCUT2D eigenvalue weighted by molar-refractivity contribution is -0.123. The number of nitrogens with one attached hydrogen (secondary N) is 2. The maximum absolute atomic E-state index is 11.9. The zero-order valence-electron chi connectivity index (χ0n) is 14.0. The fraction of sp³-hybridized carbons (Fsp3) is 0.421. The van der Waals surface area contributed by atoms with E-state index in [-0.39, 0.29) is 12.5 Å². The lowest BCUT2D eigenvalue weighted by Gasteiger charge is -2.27. The van der Waals surface area contributed by atoms with Crippen LogP contribution in [0.4, 0.5) is 0 Å². The highest BCUT2D eigenvalue weighted by Gasteiger charge is 2.09. The number of hydrogen-bond donors (Lipinski definition) is 2. The van der Waals surface area contributed by atoms with Crippen molar-refractivity contribution in [1.29, 1.82) is 0 Å². The van der Waals surface area contributed by atoms with Crippen molar-refractivity contribution in [3.63, 3.8) is 0 Å². The second-order valence-corrected chi connectivity index (χ2v) is 6.06. The van der Waals surface area contributed by atoms with Gasteiger partial charge in [0.1, 0.15) is 5.75 Å². The molecule has 128 valence electrons. The average Bonchev–Trinajstić information content (AvgIpc) is 2.64. The van der Waals surface area contributed by atoms with Crippen LogP contribution in [0, 0.1) is 0 Å². The van der Waals surface area contributed by atoms with Crippen molar-refractivity contribution in [2.45, 2.75) is 6.42 Å². The first-order valence-electron chi connectivity index (χ1n) is 8.63. The summed E-state index contributed by atoms with van der Waals surface area (Å²) < 4.78 is 5.70. The normalized spacial score (nSPS) is 15.3. The van der Waals surface area contributed by atoms with Gasteiger partial charge < -0.3 is 20.3 Å². The first-order valence-corrected chi connectivity index (χ1v) is 8.63. The number of hydrogen-bond acceptors (Lipinski definition) is 4. The van der Waals surface area contributed by atoms with Gasteiger partial charge in [-0.05, 0) is 24.4 Å². The van der Waals surface area contributed by atoms with E-state index in [0.717, 1.165) is 55.7 Å². The van der Waals surface area contributed by atoms with Gasteiger partial charge in [0.2, 0.25) is 0 Å². The number of carbonyl (C=O) groups excluding carboxylic acids is 1. The number of ether oxygens (including phenoxy) is 1. The van der Waals surface area contributed by atoms with Gasteiger partial charge in [0.25, 0.3) is 5.91 Å². The number of nitrogens with zero attached hydrogens (tertiary/aromatic N) is 1. The number of carbonyl (C=O) groups is 1. The van der Waals surface area contributed by atoms with Crippen LogP contribution >= 0.6 is 0 Å². The van der Waals surface area contributed by atoms with Crippen LogP contribution in [0.3, 0.4) is 0 Å². The standard InChI is InChI=1S/C19H25N3O2/c23-19(21-9-4-12-22-13-10-20-11-14-22)15-24-18-8-3-6-16-5-1-2-7-17(16)18/h1-3,5-8,20H,4,9-15H2,(H,21,23). The molecule has 0 unspecified atom stereocenters. The predicted octanol–water partition coefficient (Wildman–Crippen LogP) is 1.63. The minimum Gasteiger partial charge on any atom is -0.483 e. The lowest BCUT2D eigenvalue weighted by Crippen LogP contribution is -2.44. The predicted molar refractivity (Wildman–Crippen MR) is 96.4 cm³/mol. The highest BCUT2D eigenvalue weighted by atomic mass is 16.5. The molecule has 1 aliphatic rings. The molecule has 1 fully saturated rings. The largest absolute Gasteiger partial charge is 0.483 e. The molecule has 0 atom stereocenters. The van der Waals surface area contributed by atoms with E-state index in [2.05, 4.69) is 15.5 Å². The Morgan fingerprint density at radius 3 is 2.79 bits per heavy atom. The second kappa shape index (κ2) is 8.66. The van der Waals surface area contributed by atoms with E-state index in [9.17, 15) is 4.79 Å². The maximum atomic E-state index is 11.9. The summed E-state index contributed by atoms with van der Waals surface area (Å²) in [4.78, 5) is 14.4. The van der Waals surface area contributed by atoms with Crippen molar-refractivity contribution < 1.29 is 9.53 Å². The summed E-state index contributed by atoms with van der Waals surface area (Å²) in [6.45, 7) is 6.10. The number of amides is 1. The Labute approximate surface area is 143 Å². The fourth-order valence-electron chi connectivity index (χ4n) is 2.98. The first kappa shape index (κ1) is 16.7. The molecule has 2 N–H and O–H groups in total. The number of fused-ring (bicyclic) bond motifs is 1. The van der Waals surface area contributed by atoms with E-state index in [4.69, 9.17) is 4.74 Å². The van der Waals surface area contributed by atoms with E-state index < -0.39 is 0 Å². The Morgan fingerprint density at radius 2 is 1.92 bits per heavy atom. The molecule has 24 heavy (non-hydrogen) atoms. The molecule has 2 aromatic carbocycles. The zero-order valence-corrected chi connectivity index (χ0v) is 14.0. The van der Waals surface area contributed by atoms with Crippen molar-refractivity contribution in [2.24, 2.45) is 0 Å². The number of rotatable bonds is 7. The topological polar surface area (TPSA) is 53.6 Å². The summed E-state index contributed by atoms with van der Waals surface area (Å²) in [6.07, 6.45) is 0.972. The molecule has 0 radical (unpaired) electrons. The Morgan fingerprint density at radius 1 is 1.12 bits per heavy atom. The van der Waals surface area contributed by atoms with Crippen molar-refractivity contribution >= 4 is 16.7 Å². The van der Waals surface area contributed by atoms with Crippen LogP contribution in [-0.4, -0.2) is 56.7 Å². The van der Waals surface area contributed by atoms with Gasteiger partial charge in [-0.25, -0.2) is 0 Å². The highest BCUT2D eigenvalue weighted by molar-refractivity contribution is 5.88. The minimum absolute atomic E-state index is 0.0572. The third-order valence-corrected chi connectivity index (χ3v) is 4.29. The minimum atomic E-state index is -0.0664. The van der Waals surface area contributed by atoms with Crippen LogP contribution in [0.15, 0.2) is 42.5 Å². The van der Waals surface area contributed by atoms with Crippen LogP contribution in [0.25, 0.3) is 10.8 Å². The summed E-state index contributed by atoms with van der Waals surface area (Å²) in [7, 11) is 0. The van der Waals surface area contributed by atoms with Gasteiger partial charge in [-0.1, -0.05) is 36.4 Å². The van der Waals surface area contributed by atoms with Gasteiger partial charge in [0.15, 0.2) is 6.61 Å². The fourth-order valence-corrected chi connectivity index (χ4v) is 2.98. The molecule has 0 aromatic heterocycles. The summed E-state index contributed by atoms with van der Waals surface area (Å²) in [6, 6.07) is 13.9. The molecule has 0 saturated carbocycles. The molecule has 2 aromatic rings. The van der Waals surface area contributed by atoms with E-state index in [0.29, 0.717) is 6.54 Å². The maximum Gasteiger partial charge on any atom is 0.257 e. The van der Waals surface area contributed by atoms with Crippen molar-refractivity contribution in [1.82, 2.24) is 15.5 Å². The molecule has 5 heteroatoms. The van der Waals surface area contributed by atoms with Crippen LogP contribution in [0.2, 0.25) is 0 Å². The third kappa shape index (κ3) is 4.69. The molecule has 1 heterocycles. The van der Waals surface area contributed by atoms with Gasteiger partial charge in [0.05, 0.1) is 0 Å². The highest BCUT2D eigenvalue weighted by Crippen LogP contribution is 2.24. The zero-order chi connectivity index (χ0) is 16.6. The molecule has 1 saturated heterocycles. The smallest absolute Gasteiger partial charge is 0.257 e. The third-order valence-electron chi connectivity index (χ3n) is 4.29. The van der Waals surface area contributed by atoms with Crippen LogP contribution in [0.1, 0.15) is 6.42 Å². The molecule has 5 nitrogen and oxygen atoms in total. The van der Waals surface area contributed by atoms with Crippen molar-refractivity contribution in [3.05, 3.63) is 42.5 Å². The van der Waals surface area contributed by atoms with Gasteiger partial charge >= 0.3 is 0 Å². The van der Waals surface area contributed by atoms with Crippen LogP contribution < -0.4 is 15.4 Å². The van der Waals surface area contributed by atoms with E-state index >= 15 is 0 Å². The van der Waals surface area contributed by atoms with Gasteiger partial charge in [-0.2, -0.15) is 0 Å². The van der Waals surface area contributed by atoms with Gasteiger partial charge in [0, 0.05) is 38.1 Å². The van der Waals surface area contributed by atoms with E-state index in [1.54, 1.807) is 0 Å². The number of benzene rings is 2. The van der Waals surface area contributed by atoms with Gasteiger partial charge in [-0.3, -0.25) is 4.79 Å². The summed E-state index contributed by atoms with van der Waals surface area (Å²) in [5.74, 6) is 0.687. The molecular formula is C19H25N3O2. The van der Waals surface area contributed by atoms with Crippen LogP contribution in [0.5, 0.6) is 5.75 Å². The summed E-state index contributed by atoms with van der Waals surface area (Å²) >= 11 is 0. The quantitative estimate of drug-likeness (QED) is 0.759. The molecule has 1 amide bonds. The molecular weight excluding hydrogens is 302 g/mol. The molecule has 3 rings (SSSR count). The molecule has 0 bridgehead atoms. The van der Waals surface area contributed by atoms with Crippen molar-refractivity contribution in [2.75, 3.05) is 45.9 Å². The Bertz CT molecular complexity index is 663. The SMILES string of the molecule is O=C(COc1cccc2ccccc12)NCCCN1CCNCC1. The van der Waals surface area contributed by atoms with Crippen LogP contribution in [-0.2, 0) is 4.79 Å². The van der Waals surface area contributed by atoms with Crippen molar-refractivity contribution in [3.8, 4) is 5.75 Å². The first-order chi connectivity index (χ1) is 11.8. The Kier molecular flexibility index (Phi) is 6.04.